The first-order valence-electron chi connectivity index (χ1n) is 5.79. The Morgan fingerprint density at radius 2 is 2.05 bits per heavy atom. The first kappa shape index (κ1) is 15.5. The molecule has 6 heteroatoms. The average Bonchev–Trinajstić information content (AvgIpc) is 2.34. The van der Waals surface area contributed by atoms with Gasteiger partial charge in [0, 0.05) is 16.2 Å². The Hall–Kier alpha value is -1.56. The zero-order valence-corrected chi connectivity index (χ0v) is 12.7. The summed E-state index contributed by atoms with van der Waals surface area (Å²) in [4.78, 5) is 25.2. The van der Waals surface area contributed by atoms with Crippen LogP contribution >= 0.6 is 15.9 Å². The summed E-state index contributed by atoms with van der Waals surface area (Å²) in [5.41, 5.74) is 6.58. The van der Waals surface area contributed by atoms with Crippen molar-refractivity contribution in [2.24, 2.45) is 0 Å². The highest BCUT2D eigenvalue weighted by Gasteiger charge is 2.23. The van der Waals surface area contributed by atoms with Crippen LogP contribution in [-0.2, 0) is 9.53 Å². The fraction of sp³-hybridized carbons (Fsp3) is 0.385. The molecular formula is C13H17BrN2O3. The molecule has 0 saturated carbocycles. The largest absolute Gasteiger partial charge is 0.468 e. The van der Waals surface area contributed by atoms with Crippen LogP contribution in [0, 0.1) is 0 Å². The second-order valence-corrected chi connectivity index (χ2v) is 5.25. The molecule has 0 aliphatic heterocycles. The lowest BCUT2D eigenvalue weighted by atomic mass is 10.1. The number of esters is 1. The highest BCUT2D eigenvalue weighted by Crippen LogP contribution is 2.20. The summed E-state index contributed by atoms with van der Waals surface area (Å²) < 4.78 is 5.39. The molecule has 1 aromatic rings. The van der Waals surface area contributed by atoms with E-state index < -0.39 is 5.97 Å². The van der Waals surface area contributed by atoms with Crippen LogP contribution in [0.1, 0.15) is 24.2 Å². The lowest BCUT2D eigenvalue weighted by Gasteiger charge is -2.26. The molecule has 0 unspecified atom stereocenters. The smallest absolute Gasteiger partial charge is 0.325 e. The van der Waals surface area contributed by atoms with Gasteiger partial charge in [-0.15, -0.1) is 0 Å². The third-order valence-corrected chi connectivity index (χ3v) is 3.15. The van der Waals surface area contributed by atoms with E-state index >= 15 is 0 Å². The van der Waals surface area contributed by atoms with Crippen molar-refractivity contribution in [3.8, 4) is 0 Å². The van der Waals surface area contributed by atoms with E-state index in [1.165, 1.54) is 12.0 Å². The molecule has 0 saturated heterocycles. The van der Waals surface area contributed by atoms with Crippen molar-refractivity contribution in [3.05, 3.63) is 28.2 Å². The molecule has 104 valence electrons. The number of ether oxygens (including phenoxy) is 1. The zero-order valence-electron chi connectivity index (χ0n) is 11.1. The molecule has 0 bridgehead atoms. The van der Waals surface area contributed by atoms with Crippen LogP contribution in [0.25, 0.3) is 0 Å². The van der Waals surface area contributed by atoms with Crippen LogP contribution < -0.4 is 5.73 Å². The summed E-state index contributed by atoms with van der Waals surface area (Å²) in [7, 11) is 1.29. The Morgan fingerprint density at radius 3 is 2.53 bits per heavy atom. The van der Waals surface area contributed by atoms with Crippen molar-refractivity contribution in [3.63, 3.8) is 0 Å². The average molecular weight is 329 g/mol. The third-order valence-electron chi connectivity index (χ3n) is 2.66. The summed E-state index contributed by atoms with van der Waals surface area (Å²) in [6.07, 6.45) is 0. The van der Waals surface area contributed by atoms with Gasteiger partial charge in [-0.2, -0.15) is 0 Å². The lowest BCUT2D eigenvalue weighted by molar-refractivity contribution is -0.141. The van der Waals surface area contributed by atoms with Crippen LogP contribution in [0.4, 0.5) is 5.69 Å². The summed E-state index contributed by atoms with van der Waals surface area (Å²) in [5, 5.41) is 0. The minimum Gasteiger partial charge on any atom is -0.468 e. The zero-order chi connectivity index (χ0) is 14.6. The van der Waals surface area contributed by atoms with E-state index in [1.807, 2.05) is 13.8 Å². The minimum atomic E-state index is -0.460. The normalized spacial score (nSPS) is 10.4. The van der Waals surface area contributed by atoms with Crippen molar-refractivity contribution in [1.29, 1.82) is 0 Å². The van der Waals surface area contributed by atoms with Crippen LogP contribution in [0.2, 0.25) is 0 Å². The molecule has 0 fully saturated rings. The number of hydrogen-bond acceptors (Lipinski definition) is 4. The molecule has 0 aliphatic rings. The Kier molecular flexibility index (Phi) is 5.35. The molecule has 0 aromatic heterocycles. The van der Waals surface area contributed by atoms with Crippen molar-refractivity contribution in [1.82, 2.24) is 4.90 Å². The number of nitrogens with two attached hydrogens (primary N) is 1. The molecule has 0 radical (unpaired) electrons. The number of carbonyl (C=O) groups is 2. The number of nitrogens with zero attached hydrogens (tertiary/aromatic N) is 1. The molecule has 0 aliphatic carbocycles. The van der Waals surface area contributed by atoms with Crippen molar-refractivity contribution in [2.75, 3.05) is 19.4 Å². The van der Waals surface area contributed by atoms with Crippen LogP contribution in [0.5, 0.6) is 0 Å². The fourth-order valence-electron chi connectivity index (χ4n) is 1.58. The van der Waals surface area contributed by atoms with Gasteiger partial charge in [0.1, 0.15) is 6.54 Å². The predicted octanol–water partition coefficient (Wildman–Crippen LogP) is 2.05. The molecule has 0 atom stereocenters. The van der Waals surface area contributed by atoms with Gasteiger partial charge in [-0.05, 0) is 32.0 Å². The Balaban J connectivity index is 3.02. The first-order chi connectivity index (χ1) is 8.86. The van der Waals surface area contributed by atoms with E-state index in [2.05, 4.69) is 20.7 Å². The van der Waals surface area contributed by atoms with Gasteiger partial charge in [0.05, 0.1) is 12.7 Å². The van der Waals surface area contributed by atoms with Gasteiger partial charge >= 0.3 is 5.97 Å². The number of methoxy groups -OCH3 is 1. The van der Waals surface area contributed by atoms with Crippen LogP contribution in [-0.4, -0.2) is 36.5 Å². The number of carbonyl (C=O) groups excluding carboxylic acids is 2. The second-order valence-electron chi connectivity index (χ2n) is 4.33. The van der Waals surface area contributed by atoms with Crippen LogP contribution in [0.15, 0.2) is 22.7 Å². The standard InChI is InChI=1S/C13H17BrN2O3/c1-8(2)16(7-12(17)19-3)13(18)10-5-4-9(14)6-11(10)15/h4-6,8H,7,15H2,1-3H3. The molecular weight excluding hydrogens is 312 g/mol. The van der Waals surface area contributed by atoms with Gasteiger partial charge in [0.2, 0.25) is 0 Å². The minimum absolute atomic E-state index is 0.0947. The molecule has 2 N–H and O–H groups in total. The van der Waals surface area contributed by atoms with Crippen molar-refractivity contribution < 1.29 is 14.3 Å². The highest BCUT2D eigenvalue weighted by molar-refractivity contribution is 9.10. The molecule has 19 heavy (non-hydrogen) atoms. The van der Waals surface area contributed by atoms with Crippen LogP contribution in [0.3, 0.4) is 0 Å². The summed E-state index contributed by atoms with van der Waals surface area (Å²) in [6, 6.07) is 4.90. The monoisotopic (exact) mass is 328 g/mol. The number of hydrogen-bond donors (Lipinski definition) is 1. The van der Waals surface area contributed by atoms with E-state index in [9.17, 15) is 9.59 Å². The first-order valence-corrected chi connectivity index (χ1v) is 6.59. The molecule has 1 rings (SSSR count). The van der Waals surface area contributed by atoms with E-state index in [-0.39, 0.29) is 18.5 Å². The van der Waals surface area contributed by atoms with Gasteiger partial charge in [0.25, 0.3) is 5.91 Å². The molecule has 0 heterocycles. The van der Waals surface area contributed by atoms with Gasteiger partial charge in [-0.3, -0.25) is 9.59 Å². The number of nitrogen functional groups attached to an aromatic ring is 1. The number of rotatable bonds is 4. The van der Waals surface area contributed by atoms with E-state index in [4.69, 9.17) is 5.73 Å². The third kappa shape index (κ3) is 3.96. The molecule has 1 amide bonds. The Bertz CT molecular complexity index is 489. The predicted molar refractivity (Wildman–Crippen MR) is 76.7 cm³/mol. The Morgan fingerprint density at radius 1 is 1.42 bits per heavy atom. The van der Waals surface area contributed by atoms with Gasteiger partial charge in [-0.1, -0.05) is 15.9 Å². The number of halogens is 1. The molecule has 1 aromatic carbocycles. The summed E-state index contributed by atoms with van der Waals surface area (Å²) in [5.74, 6) is -0.747. The fourth-order valence-corrected chi connectivity index (χ4v) is 1.95. The molecule has 5 nitrogen and oxygen atoms in total. The topological polar surface area (TPSA) is 72.6 Å². The number of amides is 1. The maximum atomic E-state index is 12.4. The van der Waals surface area contributed by atoms with Crippen molar-refractivity contribution >= 4 is 33.5 Å². The van der Waals surface area contributed by atoms with E-state index in [0.29, 0.717) is 11.3 Å². The maximum absolute atomic E-state index is 12.4. The van der Waals surface area contributed by atoms with E-state index in [1.54, 1.807) is 18.2 Å². The lowest BCUT2D eigenvalue weighted by Crippen LogP contribution is -2.41. The van der Waals surface area contributed by atoms with Gasteiger partial charge < -0.3 is 15.4 Å². The summed E-state index contributed by atoms with van der Waals surface area (Å²) >= 11 is 3.28. The number of benzene rings is 1. The van der Waals surface area contributed by atoms with E-state index in [0.717, 1.165) is 4.47 Å². The Labute approximate surface area is 120 Å². The molecule has 0 spiro atoms. The van der Waals surface area contributed by atoms with Gasteiger partial charge in [-0.25, -0.2) is 0 Å². The van der Waals surface area contributed by atoms with Gasteiger partial charge in [0.15, 0.2) is 0 Å². The summed E-state index contributed by atoms with van der Waals surface area (Å²) in [6.45, 7) is 3.56. The quantitative estimate of drug-likeness (QED) is 0.678. The van der Waals surface area contributed by atoms with Crippen molar-refractivity contribution in [2.45, 2.75) is 19.9 Å². The number of anilines is 1. The second kappa shape index (κ2) is 6.56. The SMILES string of the molecule is COC(=O)CN(C(=O)c1ccc(Br)cc1N)C(C)C. The highest BCUT2D eigenvalue weighted by atomic mass is 79.9. The maximum Gasteiger partial charge on any atom is 0.325 e.